The Bertz CT molecular complexity index is 859. The number of hydrogen-bond acceptors (Lipinski definition) is 6. The van der Waals surface area contributed by atoms with Gasteiger partial charge in [-0.3, -0.25) is 4.79 Å². The Morgan fingerprint density at radius 2 is 2.04 bits per heavy atom. The fraction of sp³-hybridized carbons (Fsp3) is 0.267. The molecule has 0 spiro atoms. The molecule has 0 saturated carbocycles. The van der Waals surface area contributed by atoms with E-state index in [4.69, 9.17) is 11.6 Å². The van der Waals surface area contributed by atoms with E-state index < -0.39 is 0 Å². The van der Waals surface area contributed by atoms with E-state index in [9.17, 15) is 4.79 Å². The second-order valence-corrected chi connectivity index (χ2v) is 6.82. The molecule has 0 radical (unpaired) electrons. The van der Waals surface area contributed by atoms with Crippen LogP contribution in [-0.2, 0) is 4.79 Å². The molecular formula is C15H16ClN7OS. The van der Waals surface area contributed by atoms with E-state index in [1.807, 2.05) is 26.0 Å². The second-order valence-electron chi connectivity index (χ2n) is 5.44. The number of tetrazole rings is 1. The van der Waals surface area contributed by atoms with Crippen LogP contribution in [0.5, 0.6) is 0 Å². The Hall–Kier alpha value is -2.39. The third-order valence-corrected chi connectivity index (χ3v) is 4.44. The molecule has 0 aliphatic carbocycles. The number of nitrogens with zero attached hydrogens (tertiary/aromatic N) is 6. The Morgan fingerprint density at radius 1 is 1.28 bits per heavy atom. The van der Waals surface area contributed by atoms with E-state index in [0.717, 1.165) is 5.69 Å². The van der Waals surface area contributed by atoms with Crippen molar-refractivity contribution < 1.29 is 4.79 Å². The quantitative estimate of drug-likeness (QED) is 0.664. The molecule has 25 heavy (non-hydrogen) atoms. The van der Waals surface area contributed by atoms with Gasteiger partial charge in [-0.05, 0) is 48.5 Å². The molecule has 0 unspecified atom stereocenters. The summed E-state index contributed by atoms with van der Waals surface area (Å²) in [6.45, 7) is 4.00. The molecule has 2 aromatic heterocycles. The van der Waals surface area contributed by atoms with Crippen LogP contribution in [0.15, 0.2) is 41.7 Å². The molecule has 0 fully saturated rings. The van der Waals surface area contributed by atoms with Crippen LogP contribution >= 0.6 is 23.4 Å². The topological polar surface area (TPSA) is 90.5 Å². The fourth-order valence-electron chi connectivity index (χ4n) is 2.15. The van der Waals surface area contributed by atoms with Crippen LogP contribution in [0, 0.1) is 0 Å². The monoisotopic (exact) mass is 377 g/mol. The molecular weight excluding hydrogens is 362 g/mol. The van der Waals surface area contributed by atoms with Crippen molar-refractivity contribution in [3.63, 3.8) is 0 Å². The summed E-state index contributed by atoms with van der Waals surface area (Å²) in [5.41, 5.74) is 0.773. The van der Waals surface area contributed by atoms with Crippen LogP contribution in [0.4, 0.5) is 5.82 Å². The number of thioether (sulfide) groups is 1. The first-order valence-corrected chi connectivity index (χ1v) is 8.91. The summed E-state index contributed by atoms with van der Waals surface area (Å²) in [5.74, 6) is 0.688. The van der Waals surface area contributed by atoms with Crippen molar-refractivity contribution in [3.8, 4) is 5.69 Å². The van der Waals surface area contributed by atoms with Gasteiger partial charge >= 0.3 is 0 Å². The normalized spacial score (nSPS) is 11.0. The van der Waals surface area contributed by atoms with Crippen molar-refractivity contribution >= 4 is 35.1 Å². The Kier molecular flexibility index (Phi) is 5.34. The summed E-state index contributed by atoms with van der Waals surface area (Å²) in [6.07, 6.45) is 1.66. The molecule has 2 heterocycles. The first-order chi connectivity index (χ1) is 12.0. The zero-order valence-corrected chi connectivity index (χ0v) is 15.2. The maximum atomic E-state index is 12.2. The molecule has 0 bridgehead atoms. The van der Waals surface area contributed by atoms with Gasteiger partial charge in [-0.15, -0.1) is 5.10 Å². The third-order valence-electron chi connectivity index (χ3n) is 3.27. The molecule has 1 amide bonds. The highest BCUT2D eigenvalue weighted by Crippen LogP contribution is 2.20. The first kappa shape index (κ1) is 17.4. The van der Waals surface area contributed by atoms with Gasteiger partial charge in [-0.1, -0.05) is 23.4 Å². The van der Waals surface area contributed by atoms with Gasteiger partial charge in [0.2, 0.25) is 11.1 Å². The number of carbonyl (C=O) groups is 1. The SMILES string of the molecule is CC(C)n1nccc1NC(=O)CSc1nnnn1-c1ccc(Cl)cc1. The number of anilines is 1. The van der Waals surface area contributed by atoms with Gasteiger partial charge in [0.15, 0.2) is 0 Å². The molecule has 3 aromatic rings. The summed E-state index contributed by atoms with van der Waals surface area (Å²) in [5, 5.41) is 19.8. The number of rotatable bonds is 6. The van der Waals surface area contributed by atoms with Crippen molar-refractivity contribution in [1.29, 1.82) is 0 Å². The number of aromatic nitrogens is 6. The zero-order chi connectivity index (χ0) is 17.8. The molecule has 1 N–H and O–H groups in total. The fourth-order valence-corrected chi connectivity index (χ4v) is 2.96. The van der Waals surface area contributed by atoms with E-state index in [1.165, 1.54) is 11.8 Å². The summed E-state index contributed by atoms with van der Waals surface area (Å²) in [7, 11) is 0. The molecule has 0 aliphatic heterocycles. The van der Waals surface area contributed by atoms with Gasteiger partial charge in [-0.25, -0.2) is 4.68 Å². The standard InChI is InChI=1S/C15H16ClN7OS/c1-10(2)22-13(7-8-17-22)18-14(24)9-25-15-19-20-21-23(15)12-5-3-11(16)4-6-12/h3-8,10H,9H2,1-2H3,(H,18,24). The smallest absolute Gasteiger partial charge is 0.235 e. The van der Waals surface area contributed by atoms with Gasteiger partial charge in [0.25, 0.3) is 0 Å². The highest BCUT2D eigenvalue weighted by molar-refractivity contribution is 7.99. The van der Waals surface area contributed by atoms with Gasteiger partial charge in [0.1, 0.15) is 5.82 Å². The Labute approximate surface area is 153 Å². The van der Waals surface area contributed by atoms with Gasteiger partial charge in [0.05, 0.1) is 17.6 Å². The number of amides is 1. The predicted molar refractivity (Wildman–Crippen MR) is 96.1 cm³/mol. The third kappa shape index (κ3) is 4.18. The number of halogens is 1. The summed E-state index contributed by atoms with van der Waals surface area (Å²) in [6, 6.07) is 9.06. The minimum atomic E-state index is -0.155. The van der Waals surface area contributed by atoms with Gasteiger partial charge in [0, 0.05) is 17.1 Å². The molecule has 130 valence electrons. The molecule has 0 saturated heterocycles. The van der Waals surface area contributed by atoms with Crippen LogP contribution < -0.4 is 5.32 Å². The molecule has 3 rings (SSSR count). The summed E-state index contributed by atoms with van der Waals surface area (Å²) in [4.78, 5) is 12.2. The van der Waals surface area contributed by atoms with Gasteiger partial charge < -0.3 is 5.32 Å². The number of nitrogens with one attached hydrogen (secondary N) is 1. The van der Waals surface area contributed by atoms with Crippen molar-refractivity contribution in [2.45, 2.75) is 25.0 Å². The van der Waals surface area contributed by atoms with E-state index >= 15 is 0 Å². The van der Waals surface area contributed by atoms with Crippen molar-refractivity contribution in [1.82, 2.24) is 30.0 Å². The lowest BCUT2D eigenvalue weighted by Gasteiger charge is -2.11. The van der Waals surface area contributed by atoms with E-state index in [1.54, 1.807) is 33.8 Å². The van der Waals surface area contributed by atoms with Gasteiger partial charge in [-0.2, -0.15) is 9.78 Å². The molecule has 1 aromatic carbocycles. The number of carbonyl (C=O) groups excluding carboxylic acids is 1. The van der Waals surface area contributed by atoms with Crippen molar-refractivity contribution in [2.75, 3.05) is 11.1 Å². The molecule has 8 nitrogen and oxygen atoms in total. The van der Waals surface area contributed by atoms with Crippen molar-refractivity contribution in [3.05, 3.63) is 41.6 Å². The zero-order valence-electron chi connectivity index (χ0n) is 13.6. The molecule has 10 heteroatoms. The van der Waals surface area contributed by atoms with Crippen molar-refractivity contribution in [2.24, 2.45) is 0 Å². The lowest BCUT2D eigenvalue weighted by Crippen LogP contribution is -2.18. The lowest BCUT2D eigenvalue weighted by molar-refractivity contribution is -0.113. The first-order valence-electron chi connectivity index (χ1n) is 7.55. The van der Waals surface area contributed by atoms with Crippen LogP contribution in [0.2, 0.25) is 5.02 Å². The molecule has 0 atom stereocenters. The van der Waals surface area contributed by atoms with E-state index in [2.05, 4.69) is 25.9 Å². The van der Waals surface area contributed by atoms with E-state index in [-0.39, 0.29) is 17.7 Å². The molecule has 0 aliphatic rings. The van der Waals surface area contributed by atoms with Crippen LogP contribution in [0.25, 0.3) is 5.69 Å². The maximum Gasteiger partial charge on any atom is 0.235 e. The van der Waals surface area contributed by atoms with Crippen LogP contribution in [0.3, 0.4) is 0 Å². The summed E-state index contributed by atoms with van der Waals surface area (Å²) < 4.78 is 3.31. The minimum absolute atomic E-state index is 0.155. The van der Waals surface area contributed by atoms with Crippen LogP contribution in [0.1, 0.15) is 19.9 Å². The minimum Gasteiger partial charge on any atom is -0.310 e. The average Bonchev–Trinajstić information content (AvgIpc) is 3.22. The number of benzene rings is 1. The highest BCUT2D eigenvalue weighted by atomic mass is 35.5. The average molecular weight is 378 g/mol. The largest absolute Gasteiger partial charge is 0.310 e. The lowest BCUT2D eigenvalue weighted by atomic mass is 10.3. The second kappa shape index (κ2) is 7.66. The summed E-state index contributed by atoms with van der Waals surface area (Å²) >= 11 is 7.14. The van der Waals surface area contributed by atoms with E-state index in [0.29, 0.717) is 16.0 Å². The maximum absolute atomic E-state index is 12.2. The Balaban J connectivity index is 1.64. The van der Waals surface area contributed by atoms with Crippen LogP contribution in [-0.4, -0.2) is 41.6 Å². The highest BCUT2D eigenvalue weighted by Gasteiger charge is 2.13. The Morgan fingerprint density at radius 3 is 2.76 bits per heavy atom. The number of hydrogen-bond donors (Lipinski definition) is 1. The predicted octanol–water partition coefficient (Wildman–Crippen LogP) is 2.82.